The van der Waals surface area contributed by atoms with Crippen LogP contribution in [0.4, 0.5) is 0 Å². The fraction of sp³-hybridized carbons (Fsp3) is 0.481. The van der Waals surface area contributed by atoms with Crippen molar-refractivity contribution in [3.8, 4) is 11.1 Å². The molecule has 2 aliphatic rings. The van der Waals surface area contributed by atoms with E-state index in [-0.39, 0.29) is 16.2 Å². The lowest BCUT2D eigenvalue weighted by atomic mass is 9.71. The smallest absolute Gasteiger partial charge is 0.00604 e. The summed E-state index contributed by atoms with van der Waals surface area (Å²) in [5.74, 6) is 0.607. The molecule has 0 amide bonds. The quantitative estimate of drug-likeness (QED) is 0.602. The molecule has 0 spiro atoms. The molecule has 0 N–H and O–H groups in total. The van der Waals surface area contributed by atoms with E-state index in [1.165, 1.54) is 27.1 Å². The van der Waals surface area contributed by atoms with Crippen molar-refractivity contribution in [1.29, 1.82) is 0 Å². The molecule has 2 aromatic rings. The Labute approximate surface area is 165 Å². The van der Waals surface area contributed by atoms with Crippen LogP contribution in [-0.4, -0.2) is 0 Å². The average molecular weight is 359 g/mol. The summed E-state index contributed by atoms with van der Waals surface area (Å²) in [6.45, 7) is 19.1. The van der Waals surface area contributed by atoms with E-state index in [9.17, 15) is 0 Å². The maximum Gasteiger partial charge on any atom is -0.00604 e. The van der Waals surface area contributed by atoms with Crippen molar-refractivity contribution >= 4 is 12.2 Å². The van der Waals surface area contributed by atoms with E-state index in [0.29, 0.717) is 5.92 Å². The minimum atomic E-state index is 0.169. The van der Waals surface area contributed by atoms with E-state index < -0.39 is 0 Å². The summed E-state index contributed by atoms with van der Waals surface area (Å²) in [4.78, 5) is 0. The minimum Gasteiger partial charge on any atom is -0.0728 e. The molecule has 0 saturated carbocycles. The summed E-state index contributed by atoms with van der Waals surface area (Å²) in [6, 6.07) is 11.9. The van der Waals surface area contributed by atoms with Crippen LogP contribution in [-0.2, 0) is 16.2 Å². The van der Waals surface area contributed by atoms with Crippen molar-refractivity contribution in [3.63, 3.8) is 0 Å². The largest absolute Gasteiger partial charge is 0.0728 e. The summed E-state index contributed by atoms with van der Waals surface area (Å²) in [6.07, 6.45) is 5.88. The van der Waals surface area contributed by atoms with Gasteiger partial charge in [0.05, 0.1) is 0 Å². The number of hydrogen-bond donors (Lipinski definition) is 0. The van der Waals surface area contributed by atoms with Crippen LogP contribution in [0.3, 0.4) is 0 Å². The molecule has 0 heterocycles. The van der Waals surface area contributed by atoms with Crippen molar-refractivity contribution in [2.75, 3.05) is 0 Å². The Bertz CT molecular complexity index is 1020. The van der Waals surface area contributed by atoms with Crippen LogP contribution in [0.5, 0.6) is 0 Å². The Morgan fingerprint density at radius 2 is 1.52 bits per heavy atom. The lowest BCUT2D eigenvalue weighted by Crippen LogP contribution is -2.31. The third-order valence-corrected chi connectivity index (χ3v) is 7.60. The van der Waals surface area contributed by atoms with Gasteiger partial charge < -0.3 is 0 Å². The van der Waals surface area contributed by atoms with Crippen molar-refractivity contribution < 1.29 is 0 Å². The van der Waals surface area contributed by atoms with Crippen molar-refractivity contribution in [2.24, 2.45) is 5.92 Å². The summed E-state index contributed by atoms with van der Waals surface area (Å²) >= 11 is 0. The van der Waals surface area contributed by atoms with Crippen LogP contribution in [0.25, 0.3) is 23.3 Å². The Morgan fingerprint density at radius 1 is 0.889 bits per heavy atom. The lowest BCUT2D eigenvalue weighted by molar-refractivity contribution is 0.264. The molecule has 2 aliphatic carbocycles. The first-order valence-corrected chi connectivity index (χ1v) is 10.4. The molecule has 4 rings (SSSR count). The highest BCUT2D eigenvalue weighted by atomic mass is 14.5. The van der Waals surface area contributed by atoms with Crippen LogP contribution >= 0.6 is 0 Å². The number of benzene rings is 2. The molecule has 27 heavy (non-hydrogen) atoms. The van der Waals surface area contributed by atoms with Gasteiger partial charge in [0, 0.05) is 0 Å². The first-order chi connectivity index (χ1) is 12.5. The van der Waals surface area contributed by atoms with Gasteiger partial charge in [-0.15, -0.1) is 0 Å². The number of fused-ring (bicyclic) bond motifs is 2. The molecular formula is C27H34. The van der Waals surface area contributed by atoms with Gasteiger partial charge in [0.1, 0.15) is 0 Å². The molecule has 0 aliphatic heterocycles. The second-order valence-corrected chi connectivity index (χ2v) is 10.8. The molecule has 0 nitrogen and oxygen atoms in total. The minimum absolute atomic E-state index is 0.169. The van der Waals surface area contributed by atoms with Gasteiger partial charge in [-0.1, -0.05) is 97.9 Å². The summed E-state index contributed by atoms with van der Waals surface area (Å²) in [5, 5.41) is 2.89. The van der Waals surface area contributed by atoms with Gasteiger partial charge in [0.2, 0.25) is 0 Å². The van der Waals surface area contributed by atoms with Gasteiger partial charge in [-0.05, 0) is 66.8 Å². The van der Waals surface area contributed by atoms with E-state index in [1.54, 1.807) is 11.1 Å². The monoisotopic (exact) mass is 358 g/mol. The first kappa shape index (κ1) is 18.5. The molecule has 142 valence electrons. The van der Waals surface area contributed by atoms with Gasteiger partial charge in [-0.3, -0.25) is 0 Å². The van der Waals surface area contributed by atoms with Crippen molar-refractivity contribution in [2.45, 2.75) is 78.1 Å². The lowest BCUT2D eigenvalue weighted by Gasteiger charge is -2.33. The highest BCUT2D eigenvalue weighted by Gasteiger charge is 2.50. The van der Waals surface area contributed by atoms with E-state index in [1.807, 2.05) is 0 Å². The molecule has 0 radical (unpaired) electrons. The van der Waals surface area contributed by atoms with Gasteiger partial charge in [0.15, 0.2) is 0 Å². The zero-order valence-corrected chi connectivity index (χ0v) is 18.3. The van der Waals surface area contributed by atoms with Crippen LogP contribution < -0.4 is 10.4 Å². The predicted molar refractivity (Wildman–Crippen MR) is 119 cm³/mol. The third-order valence-electron chi connectivity index (χ3n) is 7.60. The van der Waals surface area contributed by atoms with Gasteiger partial charge in [-0.25, -0.2) is 0 Å². The van der Waals surface area contributed by atoms with Gasteiger partial charge >= 0.3 is 0 Å². The van der Waals surface area contributed by atoms with Crippen LogP contribution in [0.1, 0.15) is 78.5 Å². The Balaban J connectivity index is 2.05. The molecule has 0 aromatic heterocycles. The summed E-state index contributed by atoms with van der Waals surface area (Å²) in [5.41, 5.74) is 7.95. The predicted octanol–water partition coefficient (Wildman–Crippen LogP) is 5.82. The normalized spacial score (nSPS) is 22.0. The second-order valence-electron chi connectivity index (χ2n) is 10.8. The fourth-order valence-corrected chi connectivity index (χ4v) is 5.38. The standard InChI is InChI=1S/C27H34/c1-17-26(5,6)22-16-19-10-9-11-21(19)23(24(22)27(17,7)8)18-12-14-20(15-13-18)25(2,3)4/h10-17H,9H2,1-8H3. The highest BCUT2D eigenvalue weighted by molar-refractivity contribution is 5.76. The van der Waals surface area contributed by atoms with E-state index in [4.69, 9.17) is 0 Å². The molecule has 2 aromatic carbocycles. The van der Waals surface area contributed by atoms with E-state index >= 15 is 0 Å². The summed E-state index contributed by atoms with van der Waals surface area (Å²) in [7, 11) is 0. The molecule has 0 fully saturated rings. The van der Waals surface area contributed by atoms with Gasteiger partial charge in [0.25, 0.3) is 0 Å². The van der Waals surface area contributed by atoms with Crippen molar-refractivity contribution in [3.05, 3.63) is 57.5 Å². The molecule has 0 saturated heterocycles. The summed E-state index contributed by atoms with van der Waals surface area (Å²) < 4.78 is 0. The topological polar surface area (TPSA) is 0 Å². The van der Waals surface area contributed by atoms with Crippen LogP contribution in [0.2, 0.25) is 0 Å². The second kappa shape index (κ2) is 5.60. The number of hydrogen-bond acceptors (Lipinski definition) is 0. The van der Waals surface area contributed by atoms with E-state index in [0.717, 1.165) is 6.42 Å². The Morgan fingerprint density at radius 3 is 2.11 bits per heavy atom. The van der Waals surface area contributed by atoms with E-state index in [2.05, 4.69) is 97.9 Å². The van der Waals surface area contributed by atoms with Gasteiger partial charge in [-0.2, -0.15) is 0 Å². The molecule has 1 unspecified atom stereocenters. The fourth-order valence-electron chi connectivity index (χ4n) is 5.38. The highest BCUT2D eigenvalue weighted by Crippen LogP contribution is 2.55. The number of rotatable bonds is 1. The SMILES string of the molecule is CC1C(C)(C)c2cc3c(c(-c4ccc(C(C)(C)C)cc4)c2C1(C)C)=CCC=3. The Kier molecular flexibility index (Phi) is 3.84. The maximum absolute atomic E-state index is 2.49. The average Bonchev–Trinajstić information content (AvgIpc) is 3.11. The molecule has 0 heteroatoms. The molecular weight excluding hydrogens is 324 g/mol. The first-order valence-electron chi connectivity index (χ1n) is 10.4. The maximum atomic E-state index is 2.49. The zero-order valence-electron chi connectivity index (χ0n) is 18.3. The third kappa shape index (κ3) is 2.56. The van der Waals surface area contributed by atoms with Crippen LogP contribution in [0.15, 0.2) is 30.3 Å². The zero-order chi connectivity index (χ0) is 19.8. The Hall–Kier alpha value is -1.82. The molecule has 0 bridgehead atoms. The molecule has 1 atom stereocenters. The van der Waals surface area contributed by atoms with Crippen molar-refractivity contribution in [1.82, 2.24) is 0 Å². The van der Waals surface area contributed by atoms with Crippen LogP contribution in [0, 0.1) is 5.92 Å².